The lowest BCUT2D eigenvalue weighted by molar-refractivity contribution is 1.28. The monoisotopic (exact) mass is 725 g/mol. The lowest BCUT2D eigenvalue weighted by Gasteiger charge is -2.26. The fraction of sp³-hybridized carbons (Fsp3) is 0. The predicted molar refractivity (Wildman–Crippen MR) is 243 cm³/mol. The van der Waals surface area contributed by atoms with Gasteiger partial charge in [0, 0.05) is 17.1 Å². The quantitative estimate of drug-likeness (QED) is 0.141. The summed E-state index contributed by atoms with van der Waals surface area (Å²) in [4.78, 5) is 2.38. The third kappa shape index (κ3) is 6.77. The van der Waals surface area contributed by atoms with E-state index < -0.39 is 0 Å². The average Bonchev–Trinajstić information content (AvgIpc) is 3.30. The minimum Gasteiger partial charge on any atom is -0.310 e. The van der Waals surface area contributed by atoms with E-state index in [9.17, 15) is 0 Å². The van der Waals surface area contributed by atoms with E-state index >= 15 is 0 Å². The molecule has 10 aromatic rings. The molecule has 1 heteroatoms. The smallest absolute Gasteiger partial charge is 0.0467 e. The van der Waals surface area contributed by atoms with Crippen molar-refractivity contribution in [3.8, 4) is 55.6 Å². The molecule has 0 bridgehead atoms. The molecule has 0 aliphatic carbocycles. The van der Waals surface area contributed by atoms with Crippen molar-refractivity contribution >= 4 is 38.6 Å². The highest BCUT2D eigenvalue weighted by molar-refractivity contribution is 6.14. The van der Waals surface area contributed by atoms with E-state index in [4.69, 9.17) is 0 Å². The van der Waals surface area contributed by atoms with Gasteiger partial charge in [0.05, 0.1) is 0 Å². The molecule has 0 amide bonds. The lowest BCUT2D eigenvalue weighted by atomic mass is 9.93. The SMILES string of the molecule is c1ccc(-c2ccc(N(c3ccc(-c4cc(-c5ccccc5)cc(-c5ccccc5)c4)cc3)c3cccc(-c4cc5ccccc5c5ccccc45)c3)cc2)cc1. The molecular formula is C56H39N. The first-order valence-electron chi connectivity index (χ1n) is 19.6. The molecular weight excluding hydrogens is 687 g/mol. The van der Waals surface area contributed by atoms with Gasteiger partial charge in [0.2, 0.25) is 0 Å². The van der Waals surface area contributed by atoms with Crippen molar-refractivity contribution in [3.05, 3.63) is 237 Å². The first kappa shape index (κ1) is 34.0. The van der Waals surface area contributed by atoms with E-state index in [1.165, 1.54) is 77.2 Å². The van der Waals surface area contributed by atoms with Crippen molar-refractivity contribution in [2.24, 2.45) is 0 Å². The van der Waals surface area contributed by atoms with Crippen molar-refractivity contribution in [1.82, 2.24) is 0 Å². The van der Waals surface area contributed by atoms with Gasteiger partial charge in [-0.2, -0.15) is 0 Å². The Morgan fingerprint density at radius 1 is 0.211 bits per heavy atom. The molecule has 0 saturated heterocycles. The molecule has 1 nitrogen and oxygen atoms in total. The number of benzene rings is 10. The Morgan fingerprint density at radius 2 is 0.614 bits per heavy atom. The van der Waals surface area contributed by atoms with Crippen molar-refractivity contribution in [1.29, 1.82) is 0 Å². The summed E-state index contributed by atoms with van der Waals surface area (Å²) < 4.78 is 0. The summed E-state index contributed by atoms with van der Waals surface area (Å²) in [5.74, 6) is 0. The third-order valence-electron chi connectivity index (χ3n) is 11.0. The van der Waals surface area contributed by atoms with Crippen molar-refractivity contribution in [3.63, 3.8) is 0 Å². The van der Waals surface area contributed by atoms with E-state index in [1.807, 2.05) is 0 Å². The van der Waals surface area contributed by atoms with E-state index in [1.54, 1.807) is 0 Å². The van der Waals surface area contributed by atoms with Crippen molar-refractivity contribution < 1.29 is 0 Å². The van der Waals surface area contributed by atoms with Crippen LogP contribution >= 0.6 is 0 Å². The van der Waals surface area contributed by atoms with Crippen LogP contribution in [0.5, 0.6) is 0 Å². The molecule has 0 aliphatic rings. The molecule has 0 atom stereocenters. The van der Waals surface area contributed by atoms with Gasteiger partial charge in [-0.05, 0) is 138 Å². The van der Waals surface area contributed by atoms with E-state index in [-0.39, 0.29) is 0 Å². The van der Waals surface area contributed by atoms with E-state index in [2.05, 4.69) is 241 Å². The molecule has 0 fully saturated rings. The van der Waals surface area contributed by atoms with Crippen LogP contribution < -0.4 is 4.90 Å². The zero-order chi connectivity index (χ0) is 38.0. The van der Waals surface area contributed by atoms with Crippen LogP contribution in [-0.4, -0.2) is 0 Å². The van der Waals surface area contributed by atoms with Gasteiger partial charge in [-0.1, -0.05) is 176 Å². The Kier molecular flexibility index (Phi) is 8.95. The van der Waals surface area contributed by atoms with Crippen LogP contribution in [0.4, 0.5) is 17.1 Å². The molecule has 10 aromatic carbocycles. The normalized spacial score (nSPS) is 11.2. The number of anilines is 3. The van der Waals surface area contributed by atoms with Crippen LogP contribution in [0.1, 0.15) is 0 Å². The van der Waals surface area contributed by atoms with Gasteiger partial charge in [0.1, 0.15) is 0 Å². The molecule has 0 spiro atoms. The minimum absolute atomic E-state index is 1.09. The molecule has 268 valence electrons. The molecule has 0 aliphatic heterocycles. The molecule has 0 saturated carbocycles. The summed E-state index contributed by atoms with van der Waals surface area (Å²) in [7, 11) is 0. The van der Waals surface area contributed by atoms with Gasteiger partial charge < -0.3 is 4.90 Å². The van der Waals surface area contributed by atoms with Crippen LogP contribution in [0.2, 0.25) is 0 Å². The fourth-order valence-corrected chi connectivity index (χ4v) is 8.18. The van der Waals surface area contributed by atoms with Crippen LogP contribution in [-0.2, 0) is 0 Å². The fourth-order valence-electron chi connectivity index (χ4n) is 8.18. The van der Waals surface area contributed by atoms with Crippen LogP contribution in [0.3, 0.4) is 0 Å². The van der Waals surface area contributed by atoms with Crippen LogP contribution in [0.25, 0.3) is 77.2 Å². The summed E-state index contributed by atoms with van der Waals surface area (Å²) >= 11 is 0. The molecule has 0 heterocycles. The minimum atomic E-state index is 1.09. The van der Waals surface area contributed by atoms with Gasteiger partial charge in [-0.3, -0.25) is 0 Å². The summed E-state index contributed by atoms with van der Waals surface area (Å²) in [5, 5.41) is 5.04. The number of nitrogens with zero attached hydrogens (tertiary/aromatic N) is 1. The summed E-state index contributed by atoms with van der Waals surface area (Å²) in [6, 6.07) is 85.6. The van der Waals surface area contributed by atoms with E-state index in [0.717, 1.165) is 17.1 Å². The first-order valence-corrected chi connectivity index (χ1v) is 19.6. The Balaban J connectivity index is 1.09. The topological polar surface area (TPSA) is 3.24 Å². The maximum atomic E-state index is 2.38. The summed E-state index contributed by atoms with van der Waals surface area (Å²) in [5.41, 5.74) is 15.3. The summed E-state index contributed by atoms with van der Waals surface area (Å²) in [6.45, 7) is 0. The second-order valence-electron chi connectivity index (χ2n) is 14.6. The number of fused-ring (bicyclic) bond motifs is 3. The van der Waals surface area contributed by atoms with Gasteiger partial charge in [0.15, 0.2) is 0 Å². The van der Waals surface area contributed by atoms with Gasteiger partial charge in [-0.25, -0.2) is 0 Å². The Labute approximate surface area is 334 Å². The van der Waals surface area contributed by atoms with Crippen LogP contribution in [0, 0.1) is 0 Å². The largest absolute Gasteiger partial charge is 0.310 e. The van der Waals surface area contributed by atoms with Gasteiger partial charge in [-0.15, -0.1) is 0 Å². The maximum absolute atomic E-state index is 2.38. The molecule has 0 radical (unpaired) electrons. The molecule has 0 unspecified atom stereocenters. The highest BCUT2D eigenvalue weighted by Crippen LogP contribution is 2.41. The first-order chi connectivity index (χ1) is 28.2. The lowest BCUT2D eigenvalue weighted by Crippen LogP contribution is -2.10. The maximum Gasteiger partial charge on any atom is 0.0467 e. The van der Waals surface area contributed by atoms with E-state index in [0.29, 0.717) is 0 Å². The Morgan fingerprint density at radius 3 is 1.16 bits per heavy atom. The zero-order valence-electron chi connectivity index (χ0n) is 31.5. The second-order valence-corrected chi connectivity index (χ2v) is 14.6. The van der Waals surface area contributed by atoms with Crippen LogP contribution in [0.15, 0.2) is 237 Å². The van der Waals surface area contributed by atoms with Gasteiger partial charge >= 0.3 is 0 Å². The van der Waals surface area contributed by atoms with Crippen molar-refractivity contribution in [2.75, 3.05) is 4.90 Å². The molecule has 57 heavy (non-hydrogen) atoms. The highest BCUT2D eigenvalue weighted by atomic mass is 15.1. The summed E-state index contributed by atoms with van der Waals surface area (Å²) in [6.07, 6.45) is 0. The number of hydrogen-bond donors (Lipinski definition) is 0. The average molecular weight is 726 g/mol. The second kappa shape index (κ2) is 15.0. The number of rotatable bonds is 8. The molecule has 0 N–H and O–H groups in total. The highest BCUT2D eigenvalue weighted by Gasteiger charge is 2.16. The Bertz CT molecular complexity index is 2910. The third-order valence-corrected chi connectivity index (χ3v) is 11.0. The predicted octanol–water partition coefficient (Wildman–Crippen LogP) is 15.8. The number of hydrogen-bond acceptors (Lipinski definition) is 1. The zero-order valence-corrected chi connectivity index (χ0v) is 31.5. The van der Waals surface area contributed by atoms with Crippen molar-refractivity contribution in [2.45, 2.75) is 0 Å². The molecule has 10 rings (SSSR count). The standard InChI is InChI=1S/C56H39N/c1-4-15-40(16-5-1)43-27-31-50(32-28-43)57(52-23-14-22-45(38-52)56-39-46-21-10-11-24-53(46)54-25-12-13-26-55(54)56)51-33-29-44(30-34-51)49-36-47(41-17-6-2-7-18-41)35-48(37-49)42-19-8-3-9-20-42/h1-39H. The Hall–Kier alpha value is -7.48. The van der Waals surface area contributed by atoms with Gasteiger partial charge in [0.25, 0.3) is 0 Å². The molecule has 0 aromatic heterocycles.